The molecule has 11 heteroatoms. The Morgan fingerprint density at radius 3 is 2.66 bits per heavy atom. The number of rotatable bonds is 7. The lowest BCUT2D eigenvalue weighted by molar-refractivity contribution is -0.387. The van der Waals surface area contributed by atoms with Gasteiger partial charge in [-0.1, -0.05) is 24.3 Å². The van der Waals surface area contributed by atoms with E-state index in [1.807, 2.05) is 36.6 Å². The van der Waals surface area contributed by atoms with E-state index in [9.17, 15) is 14.9 Å². The molecule has 0 unspecified atom stereocenters. The van der Waals surface area contributed by atoms with Crippen LogP contribution in [0.3, 0.4) is 0 Å². The van der Waals surface area contributed by atoms with Crippen LogP contribution in [0.15, 0.2) is 64.2 Å². The Bertz CT molecular complexity index is 1280. The van der Waals surface area contributed by atoms with Crippen molar-refractivity contribution in [1.82, 2.24) is 25.1 Å². The molecule has 4 aromatic rings. The van der Waals surface area contributed by atoms with Crippen LogP contribution in [-0.2, 0) is 13.6 Å². The summed E-state index contributed by atoms with van der Waals surface area (Å²) in [6.07, 6.45) is 1.51. The Morgan fingerprint density at radius 1 is 1.25 bits per heavy atom. The zero-order valence-electron chi connectivity index (χ0n) is 17.2. The number of aromatic nitrogens is 4. The number of carbonyl (C=O) groups excluding carboxylic acids is 1. The molecule has 0 fully saturated rings. The van der Waals surface area contributed by atoms with E-state index < -0.39 is 4.92 Å². The van der Waals surface area contributed by atoms with Crippen LogP contribution < -0.4 is 5.32 Å². The summed E-state index contributed by atoms with van der Waals surface area (Å²) >= 11 is 2.71. The molecule has 0 aliphatic rings. The standard InChI is InChI=1S/C21H18N6O3S2/c1-13-24-17(11-31-13)15-5-3-14(4-6-15)10-22-20(28)16-7-8-19(18(9-16)27(29)30)32-21-25-23-12-26(21)2/h3-9,11-12H,10H2,1-2H3,(H,22,28). The van der Waals surface area contributed by atoms with Crippen molar-refractivity contribution < 1.29 is 9.72 Å². The lowest BCUT2D eigenvalue weighted by Crippen LogP contribution is -2.22. The van der Waals surface area contributed by atoms with Gasteiger partial charge in [0.05, 0.1) is 20.5 Å². The quantitative estimate of drug-likeness (QED) is 0.320. The van der Waals surface area contributed by atoms with Crippen molar-refractivity contribution in [3.63, 3.8) is 0 Å². The molecule has 2 aromatic heterocycles. The Kier molecular flexibility index (Phi) is 6.28. The Balaban J connectivity index is 1.44. The van der Waals surface area contributed by atoms with Crippen molar-refractivity contribution in [3.8, 4) is 11.3 Å². The average molecular weight is 467 g/mol. The summed E-state index contributed by atoms with van der Waals surface area (Å²) in [5.41, 5.74) is 2.91. The summed E-state index contributed by atoms with van der Waals surface area (Å²) < 4.78 is 1.66. The third-order valence-corrected chi connectivity index (χ3v) is 6.50. The zero-order valence-corrected chi connectivity index (χ0v) is 18.8. The van der Waals surface area contributed by atoms with E-state index in [0.29, 0.717) is 16.6 Å². The lowest BCUT2D eigenvalue weighted by Gasteiger charge is -2.08. The van der Waals surface area contributed by atoms with E-state index >= 15 is 0 Å². The third-order valence-electron chi connectivity index (χ3n) is 4.61. The Labute approximate surface area is 191 Å². The smallest absolute Gasteiger partial charge is 0.284 e. The van der Waals surface area contributed by atoms with Crippen LogP contribution in [0.25, 0.3) is 11.3 Å². The first-order valence-corrected chi connectivity index (χ1v) is 11.2. The summed E-state index contributed by atoms with van der Waals surface area (Å²) in [5.74, 6) is -0.387. The van der Waals surface area contributed by atoms with Crippen molar-refractivity contribution >= 4 is 34.7 Å². The summed E-state index contributed by atoms with van der Waals surface area (Å²) in [6, 6.07) is 12.2. The maximum absolute atomic E-state index is 12.6. The van der Waals surface area contributed by atoms with Gasteiger partial charge in [0.15, 0.2) is 5.16 Å². The SMILES string of the molecule is Cc1nc(-c2ccc(CNC(=O)c3ccc(Sc4nncn4C)c([N+](=O)[O-])c3)cc2)cs1. The molecule has 0 aliphatic carbocycles. The van der Waals surface area contributed by atoms with Gasteiger partial charge in [0.1, 0.15) is 6.33 Å². The maximum Gasteiger partial charge on any atom is 0.284 e. The lowest BCUT2D eigenvalue weighted by atomic mass is 10.1. The normalized spacial score (nSPS) is 10.8. The van der Waals surface area contributed by atoms with Gasteiger partial charge in [0, 0.05) is 36.2 Å². The van der Waals surface area contributed by atoms with Crippen molar-refractivity contribution in [1.29, 1.82) is 0 Å². The molecule has 9 nitrogen and oxygen atoms in total. The predicted octanol–water partition coefficient (Wildman–Crippen LogP) is 4.24. The average Bonchev–Trinajstić information content (AvgIpc) is 3.40. The number of nitrogens with one attached hydrogen (secondary N) is 1. The number of hydrogen-bond donors (Lipinski definition) is 1. The number of nitro benzene ring substituents is 1. The van der Waals surface area contributed by atoms with E-state index in [1.54, 1.807) is 35.1 Å². The minimum atomic E-state index is -0.506. The number of benzene rings is 2. The van der Waals surface area contributed by atoms with Gasteiger partial charge < -0.3 is 9.88 Å². The maximum atomic E-state index is 12.6. The van der Waals surface area contributed by atoms with Crippen LogP contribution in [0.2, 0.25) is 0 Å². The number of aryl methyl sites for hydroxylation is 2. The van der Waals surface area contributed by atoms with E-state index in [2.05, 4.69) is 20.5 Å². The summed E-state index contributed by atoms with van der Waals surface area (Å²) in [4.78, 5) is 28.5. The molecule has 0 bridgehead atoms. The first-order chi connectivity index (χ1) is 15.4. The first kappa shape index (κ1) is 21.7. The van der Waals surface area contributed by atoms with Gasteiger partial charge in [0.25, 0.3) is 11.6 Å². The molecule has 2 aromatic carbocycles. The number of hydrogen-bond acceptors (Lipinski definition) is 8. The van der Waals surface area contributed by atoms with E-state index in [0.717, 1.165) is 33.6 Å². The van der Waals surface area contributed by atoms with Crippen molar-refractivity contribution in [2.45, 2.75) is 23.5 Å². The molecule has 0 aliphatic heterocycles. The van der Waals surface area contributed by atoms with Gasteiger partial charge in [-0.15, -0.1) is 21.5 Å². The molecule has 1 amide bonds. The molecule has 0 spiro atoms. The van der Waals surface area contributed by atoms with Crippen LogP contribution in [0, 0.1) is 17.0 Å². The predicted molar refractivity (Wildman–Crippen MR) is 122 cm³/mol. The number of amides is 1. The van der Waals surface area contributed by atoms with Gasteiger partial charge in [-0.25, -0.2) is 4.98 Å². The molecule has 162 valence electrons. The minimum absolute atomic E-state index is 0.159. The molecule has 1 N–H and O–H groups in total. The van der Waals surface area contributed by atoms with Crippen molar-refractivity contribution in [2.75, 3.05) is 0 Å². The van der Waals surface area contributed by atoms with Crippen molar-refractivity contribution in [3.05, 3.63) is 80.4 Å². The first-order valence-electron chi connectivity index (χ1n) is 9.50. The van der Waals surface area contributed by atoms with Gasteiger partial charge in [-0.3, -0.25) is 14.9 Å². The highest BCUT2D eigenvalue weighted by Crippen LogP contribution is 2.34. The molecule has 0 saturated heterocycles. The highest BCUT2D eigenvalue weighted by Gasteiger charge is 2.20. The van der Waals surface area contributed by atoms with Crippen LogP contribution in [-0.4, -0.2) is 30.6 Å². The number of nitrogens with zero attached hydrogens (tertiary/aromatic N) is 5. The summed E-state index contributed by atoms with van der Waals surface area (Å²) in [6.45, 7) is 2.27. The fourth-order valence-electron chi connectivity index (χ4n) is 2.92. The summed E-state index contributed by atoms with van der Waals surface area (Å²) in [5, 5.41) is 25.6. The van der Waals surface area contributed by atoms with Crippen LogP contribution in [0.1, 0.15) is 20.9 Å². The second-order valence-corrected chi connectivity index (χ2v) is 8.97. The van der Waals surface area contributed by atoms with E-state index in [4.69, 9.17) is 0 Å². The molecule has 0 atom stereocenters. The third kappa shape index (κ3) is 4.84. The fraction of sp³-hybridized carbons (Fsp3) is 0.143. The summed E-state index contributed by atoms with van der Waals surface area (Å²) in [7, 11) is 1.75. The van der Waals surface area contributed by atoms with Gasteiger partial charge in [0.2, 0.25) is 0 Å². The van der Waals surface area contributed by atoms with Crippen LogP contribution in [0.5, 0.6) is 0 Å². The molecule has 0 radical (unpaired) electrons. The highest BCUT2D eigenvalue weighted by molar-refractivity contribution is 7.99. The molecular weight excluding hydrogens is 448 g/mol. The Morgan fingerprint density at radius 2 is 2.03 bits per heavy atom. The molecule has 32 heavy (non-hydrogen) atoms. The zero-order chi connectivity index (χ0) is 22.7. The van der Waals surface area contributed by atoms with E-state index in [-0.39, 0.29) is 17.2 Å². The number of carbonyl (C=O) groups is 1. The topological polar surface area (TPSA) is 116 Å². The molecule has 4 rings (SSSR count). The fourth-order valence-corrected chi connectivity index (χ4v) is 4.40. The van der Waals surface area contributed by atoms with E-state index in [1.165, 1.54) is 12.4 Å². The van der Waals surface area contributed by atoms with Gasteiger partial charge >= 0.3 is 0 Å². The highest BCUT2D eigenvalue weighted by atomic mass is 32.2. The van der Waals surface area contributed by atoms with Crippen molar-refractivity contribution in [2.24, 2.45) is 7.05 Å². The number of thiazole rings is 1. The number of nitro groups is 1. The monoisotopic (exact) mass is 466 g/mol. The van der Waals surface area contributed by atoms with Crippen LogP contribution in [0.4, 0.5) is 5.69 Å². The molecule has 2 heterocycles. The van der Waals surface area contributed by atoms with Gasteiger partial charge in [-0.05, 0) is 36.4 Å². The Hall–Kier alpha value is -3.57. The second kappa shape index (κ2) is 9.28. The minimum Gasteiger partial charge on any atom is -0.348 e. The van der Waals surface area contributed by atoms with Crippen LogP contribution >= 0.6 is 23.1 Å². The van der Waals surface area contributed by atoms with Gasteiger partial charge in [-0.2, -0.15) is 0 Å². The largest absolute Gasteiger partial charge is 0.348 e. The second-order valence-electron chi connectivity index (χ2n) is 6.90. The molecule has 0 saturated carbocycles. The molecular formula is C21H18N6O3S2.